The fourth-order valence-corrected chi connectivity index (χ4v) is 3.60. The van der Waals surface area contributed by atoms with Crippen LogP contribution in [0.3, 0.4) is 0 Å². The number of benzene rings is 1. The van der Waals surface area contributed by atoms with E-state index in [2.05, 4.69) is 31.3 Å². The van der Waals surface area contributed by atoms with Crippen molar-refractivity contribution in [1.29, 1.82) is 0 Å². The molecular weight excluding hydrogens is 276 g/mol. The van der Waals surface area contributed by atoms with Crippen molar-refractivity contribution in [2.75, 3.05) is 19.6 Å². The maximum absolute atomic E-state index is 12.9. The van der Waals surface area contributed by atoms with Crippen molar-refractivity contribution >= 4 is 5.91 Å². The second kappa shape index (κ2) is 6.80. The zero-order valence-corrected chi connectivity index (χ0v) is 13.5. The van der Waals surface area contributed by atoms with Crippen molar-refractivity contribution in [3.63, 3.8) is 0 Å². The van der Waals surface area contributed by atoms with Gasteiger partial charge in [-0.05, 0) is 38.8 Å². The Bertz CT molecular complexity index is 505. The van der Waals surface area contributed by atoms with Crippen molar-refractivity contribution < 1.29 is 9.53 Å². The zero-order valence-electron chi connectivity index (χ0n) is 13.5. The van der Waals surface area contributed by atoms with Gasteiger partial charge >= 0.3 is 0 Å². The normalized spacial score (nSPS) is 32.7. The molecular formula is C18H26N2O2. The van der Waals surface area contributed by atoms with E-state index in [0.717, 1.165) is 24.9 Å². The third kappa shape index (κ3) is 3.50. The molecule has 0 radical (unpaired) electrons. The second-order valence-electron chi connectivity index (χ2n) is 6.67. The Kier molecular flexibility index (Phi) is 4.79. The molecule has 0 saturated carbocycles. The highest BCUT2D eigenvalue weighted by molar-refractivity contribution is 5.79. The summed E-state index contributed by atoms with van der Waals surface area (Å²) < 4.78 is 6.05. The highest BCUT2D eigenvalue weighted by Crippen LogP contribution is 2.27. The number of nitrogens with zero attached hydrogens (tertiary/aromatic N) is 1. The summed E-state index contributed by atoms with van der Waals surface area (Å²) in [6.07, 6.45) is 1.97. The lowest BCUT2D eigenvalue weighted by molar-refractivity contribution is -0.150. The minimum atomic E-state index is -0.00645. The topological polar surface area (TPSA) is 41.6 Å². The van der Waals surface area contributed by atoms with Crippen molar-refractivity contribution in [3.05, 3.63) is 35.9 Å². The molecule has 0 spiro atoms. The van der Waals surface area contributed by atoms with E-state index >= 15 is 0 Å². The van der Waals surface area contributed by atoms with E-state index in [1.807, 2.05) is 23.1 Å². The first-order valence-corrected chi connectivity index (χ1v) is 8.36. The average molecular weight is 302 g/mol. The smallest absolute Gasteiger partial charge is 0.225 e. The Morgan fingerprint density at radius 2 is 2.00 bits per heavy atom. The first-order valence-electron chi connectivity index (χ1n) is 8.36. The van der Waals surface area contributed by atoms with Crippen LogP contribution in [0.15, 0.2) is 30.3 Å². The van der Waals surface area contributed by atoms with Crippen molar-refractivity contribution in [1.82, 2.24) is 10.2 Å². The average Bonchev–Trinajstić information content (AvgIpc) is 2.54. The Balaban J connectivity index is 1.69. The maximum atomic E-state index is 12.9. The summed E-state index contributed by atoms with van der Waals surface area (Å²) in [5.74, 6) is 0.474. The quantitative estimate of drug-likeness (QED) is 0.912. The zero-order chi connectivity index (χ0) is 15.5. The summed E-state index contributed by atoms with van der Waals surface area (Å²) in [6.45, 7) is 6.54. The molecule has 4 atom stereocenters. The van der Waals surface area contributed by atoms with E-state index in [9.17, 15) is 4.79 Å². The molecule has 4 heteroatoms. The molecule has 0 bridgehead atoms. The SMILES string of the molecule is CC1CN(C(=O)[C@H]2CCN[C@@H](C)C2)CC(c2ccccc2)O1. The number of amides is 1. The summed E-state index contributed by atoms with van der Waals surface area (Å²) >= 11 is 0. The van der Waals surface area contributed by atoms with E-state index in [1.165, 1.54) is 0 Å². The number of hydrogen-bond acceptors (Lipinski definition) is 3. The fraction of sp³-hybridized carbons (Fsp3) is 0.611. The standard InChI is InChI=1S/C18H26N2O2/c1-13-10-16(8-9-19-13)18(21)20-11-14(2)22-17(12-20)15-6-4-3-5-7-15/h3-7,13-14,16-17,19H,8-12H2,1-2H3/t13-,14?,16-,17?/m0/s1. The third-order valence-electron chi connectivity index (χ3n) is 4.72. The molecule has 2 unspecified atom stereocenters. The molecule has 2 fully saturated rings. The van der Waals surface area contributed by atoms with Crippen LogP contribution in [0, 0.1) is 5.92 Å². The van der Waals surface area contributed by atoms with Crippen molar-refractivity contribution in [2.24, 2.45) is 5.92 Å². The van der Waals surface area contributed by atoms with Crippen LogP contribution in [0.5, 0.6) is 0 Å². The Morgan fingerprint density at radius 3 is 2.73 bits per heavy atom. The van der Waals surface area contributed by atoms with Crippen LogP contribution in [0.4, 0.5) is 0 Å². The summed E-state index contributed by atoms with van der Waals surface area (Å²) in [7, 11) is 0. The van der Waals surface area contributed by atoms with E-state index in [0.29, 0.717) is 25.0 Å². The number of rotatable bonds is 2. The molecule has 0 aromatic heterocycles. The highest BCUT2D eigenvalue weighted by Gasteiger charge is 2.34. The molecule has 22 heavy (non-hydrogen) atoms. The van der Waals surface area contributed by atoms with Crippen LogP contribution in [0.2, 0.25) is 0 Å². The van der Waals surface area contributed by atoms with Crippen LogP contribution < -0.4 is 5.32 Å². The molecule has 3 rings (SSSR count). The number of carbonyl (C=O) groups is 1. The van der Waals surface area contributed by atoms with Crippen LogP contribution >= 0.6 is 0 Å². The predicted octanol–water partition coefficient (Wildman–Crippen LogP) is 2.36. The first kappa shape index (κ1) is 15.5. The van der Waals surface area contributed by atoms with E-state index in [4.69, 9.17) is 4.74 Å². The predicted molar refractivity (Wildman–Crippen MR) is 86.5 cm³/mol. The number of hydrogen-bond donors (Lipinski definition) is 1. The second-order valence-corrected chi connectivity index (χ2v) is 6.67. The Hall–Kier alpha value is -1.39. The lowest BCUT2D eigenvalue weighted by Gasteiger charge is -2.39. The minimum absolute atomic E-state index is 0.00645. The largest absolute Gasteiger partial charge is 0.367 e. The monoisotopic (exact) mass is 302 g/mol. The van der Waals surface area contributed by atoms with Gasteiger partial charge in [0.2, 0.25) is 5.91 Å². The summed E-state index contributed by atoms with van der Waals surface area (Å²) in [6, 6.07) is 10.7. The fourth-order valence-electron chi connectivity index (χ4n) is 3.60. The molecule has 4 nitrogen and oxygen atoms in total. The molecule has 2 heterocycles. The molecule has 1 aromatic rings. The van der Waals surface area contributed by atoms with E-state index in [-0.39, 0.29) is 18.1 Å². The van der Waals surface area contributed by atoms with Gasteiger partial charge in [0.1, 0.15) is 6.10 Å². The van der Waals surface area contributed by atoms with Gasteiger partial charge in [-0.1, -0.05) is 30.3 Å². The molecule has 1 N–H and O–H groups in total. The summed E-state index contributed by atoms with van der Waals surface area (Å²) in [5, 5.41) is 3.42. The van der Waals surface area contributed by atoms with Gasteiger partial charge in [-0.25, -0.2) is 0 Å². The number of ether oxygens (including phenoxy) is 1. The van der Waals surface area contributed by atoms with Gasteiger partial charge in [0.25, 0.3) is 0 Å². The van der Waals surface area contributed by atoms with Gasteiger partial charge in [-0.15, -0.1) is 0 Å². The molecule has 1 aromatic carbocycles. The van der Waals surface area contributed by atoms with Crippen molar-refractivity contribution in [2.45, 2.75) is 44.9 Å². The first-order chi connectivity index (χ1) is 10.6. The third-order valence-corrected chi connectivity index (χ3v) is 4.72. The van der Waals surface area contributed by atoms with Gasteiger partial charge in [-0.3, -0.25) is 4.79 Å². The van der Waals surface area contributed by atoms with Crippen molar-refractivity contribution in [3.8, 4) is 0 Å². The molecule has 120 valence electrons. The molecule has 2 aliphatic rings. The van der Waals surface area contributed by atoms with Gasteiger partial charge in [0.05, 0.1) is 12.6 Å². The van der Waals surface area contributed by atoms with Gasteiger partial charge in [-0.2, -0.15) is 0 Å². The number of piperidine rings is 1. The number of nitrogens with one attached hydrogen (secondary N) is 1. The summed E-state index contributed by atoms with van der Waals surface area (Å²) in [4.78, 5) is 14.9. The maximum Gasteiger partial charge on any atom is 0.225 e. The lowest BCUT2D eigenvalue weighted by Crippen LogP contribution is -2.50. The van der Waals surface area contributed by atoms with Crippen LogP contribution in [0.1, 0.15) is 38.4 Å². The highest BCUT2D eigenvalue weighted by atomic mass is 16.5. The minimum Gasteiger partial charge on any atom is -0.367 e. The van der Waals surface area contributed by atoms with E-state index < -0.39 is 0 Å². The lowest BCUT2D eigenvalue weighted by atomic mass is 9.91. The van der Waals surface area contributed by atoms with Gasteiger partial charge < -0.3 is 15.0 Å². The molecule has 0 aliphatic carbocycles. The number of carbonyl (C=O) groups excluding carboxylic acids is 1. The number of morpholine rings is 1. The van der Waals surface area contributed by atoms with Crippen LogP contribution in [-0.2, 0) is 9.53 Å². The Morgan fingerprint density at radius 1 is 1.23 bits per heavy atom. The molecule has 2 saturated heterocycles. The molecule has 2 aliphatic heterocycles. The van der Waals surface area contributed by atoms with Gasteiger partial charge in [0, 0.05) is 18.5 Å². The van der Waals surface area contributed by atoms with Gasteiger partial charge in [0.15, 0.2) is 0 Å². The molecule has 1 amide bonds. The van der Waals surface area contributed by atoms with Crippen LogP contribution in [-0.4, -0.2) is 42.6 Å². The van der Waals surface area contributed by atoms with Crippen LogP contribution in [0.25, 0.3) is 0 Å². The van der Waals surface area contributed by atoms with E-state index in [1.54, 1.807) is 0 Å². The summed E-state index contributed by atoms with van der Waals surface area (Å²) in [5.41, 5.74) is 1.16. The Labute approximate surface area is 132 Å².